The highest BCUT2D eigenvalue weighted by molar-refractivity contribution is 5.78. The molecule has 0 aliphatic carbocycles. The number of nitrogens with zero attached hydrogens (tertiary/aromatic N) is 4. The topological polar surface area (TPSA) is 81.8 Å². The van der Waals surface area contributed by atoms with Gasteiger partial charge < -0.3 is 5.32 Å². The van der Waals surface area contributed by atoms with Crippen molar-refractivity contribution in [3.8, 4) is 5.69 Å². The van der Waals surface area contributed by atoms with Crippen molar-refractivity contribution in [1.82, 2.24) is 24.6 Å². The first-order valence-electron chi connectivity index (χ1n) is 9.00. The highest BCUT2D eigenvalue weighted by Crippen LogP contribution is 2.18. The van der Waals surface area contributed by atoms with Gasteiger partial charge in [0, 0.05) is 5.54 Å². The summed E-state index contributed by atoms with van der Waals surface area (Å²) in [5, 5.41) is 7.55. The lowest BCUT2D eigenvalue weighted by atomic mass is 10.0. The first-order valence-corrected chi connectivity index (χ1v) is 9.00. The van der Waals surface area contributed by atoms with Crippen LogP contribution in [0.1, 0.15) is 46.1 Å². The van der Waals surface area contributed by atoms with Crippen LogP contribution < -0.4 is 10.9 Å². The lowest BCUT2D eigenvalue weighted by molar-refractivity contribution is -0.123. The SMILES string of the molecule is CC(C)c1ccc(-n2ncc3c(=O)n(CC(=O)NC(C)(C)C)cnc32)cc1. The van der Waals surface area contributed by atoms with E-state index in [2.05, 4.69) is 29.2 Å². The molecule has 1 aromatic carbocycles. The number of amides is 1. The minimum absolute atomic E-state index is 0.0761. The van der Waals surface area contributed by atoms with Gasteiger partial charge in [-0.2, -0.15) is 5.10 Å². The normalized spacial score (nSPS) is 11.9. The Morgan fingerprint density at radius 1 is 1.19 bits per heavy atom. The molecule has 7 heteroatoms. The van der Waals surface area contributed by atoms with Gasteiger partial charge in [0.2, 0.25) is 5.91 Å². The lowest BCUT2D eigenvalue weighted by Gasteiger charge is -2.20. The molecule has 0 atom stereocenters. The minimum atomic E-state index is -0.356. The molecule has 0 unspecified atom stereocenters. The third kappa shape index (κ3) is 4.07. The van der Waals surface area contributed by atoms with Gasteiger partial charge in [0.15, 0.2) is 5.65 Å². The molecule has 0 aliphatic heterocycles. The Balaban J connectivity index is 1.93. The monoisotopic (exact) mass is 367 g/mol. The zero-order valence-electron chi connectivity index (χ0n) is 16.4. The zero-order valence-corrected chi connectivity index (χ0v) is 16.4. The number of nitrogens with one attached hydrogen (secondary N) is 1. The summed E-state index contributed by atoms with van der Waals surface area (Å²) in [4.78, 5) is 29.2. The van der Waals surface area contributed by atoms with Gasteiger partial charge in [0.1, 0.15) is 18.3 Å². The summed E-state index contributed by atoms with van der Waals surface area (Å²) in [6, 6.07) is 8.02. The summed E-state index contributed by atoms with van der Waals surface area (Å²) in [6.45, 7) is 9.88. The highest BCUT2D eigenvalue weighted by atomic mass is 16.2. The summed E-state index contributed by atoms with van der Waals surface area (Å²) in [7, 11) is 0. The molecule has 2 heterocycles. The van der Waals surface area contributed by atoms with Crippen LogP contribution in [0.15, 0.2) is 41.6 Å². The molecule has 142 valence electrons. The van der Waals surface area contributed by atoms with Gasteiger partial charge in [0.25, 0.3) is 5.56 Å². The number of benzene rings is 1. The molecular formula is C20H25N5O2. The Morgan fingerprint density at radius 2 is 1.85 bits per heavy atom. The van der Waals surface area contributed by atoms with Crippen molar-refractivity contribution in [3.05, 3.63) is 52.7 Å². The van der Waals surface area contributed by atoms with Gasteiger partial charge in [0.05, 0.1) is 11.9 Å². The number of hydrogen-bond donors (Lipinski definition) is 1. The number of aromatic nitrogens is 4. The van der Waals surface area contributed by atoms with Crippen molar-refractivity contribution in [2.45, 2.75) is 52.6 Å². The van der Waals surface area contributed by atoms with Crippen LogP contribution in [0, 0.1) is 0 Å². The van der Waals surface area contributed by atoms with E-state index in [-0.39, 0.29) is 23.6 Å². The van der Waals surface area contributed by atoms with Crippen molar-refractivity contribution in [3.63, 3.8) is 0 Å². The number of carbonyl (C=O) groups excluding carboxylic acids is 1. The van der Waals surface area contributed by atoms with Gasteiger partial charge >= 0.3 is 0 Å². The van der Waals surface area contributed by atoms with Crippen molar-refractivity contribution >= 4 is 16.9 Å². The van der Waals surface area contributed by atoms with Crippen LogP contribution in [0.4, 0.5) is 0 Å². The van der Waals surface area contributed by atoms with Crippen LogP contribution in [0.2, 0.25) is 0 Å². The Bertz CT molecular complexity index is 1020. The Labute approximate surface area is 158 Å². The average Bonchev–Trinajstić information content (AvgIpc) is 3.00. The highest BCUT2D eigenvalue weighted by Gasteiger charge is 2.16. The van der Waals surface area contributed by atoms with E-state index >= 15 is 0 Å². The second kappa shape index (κ2) is 6.98. The molecule has 0 bridgehead atoms. The van der Waals surface area contributed by atoms with Crippen LogP contribution in [-0.4, -0.2) is 30.8 Å². The summed E-state index contributed by atoms with van der Waals surface area (Å²) >= 11 is 0. The molecule has 3 aromatic rings. The predicted molar refractivity (Wildman–Crippen MR) is 105 cm³/mol. The molecule has 7 nitrogen and oxygen atoms in total. The standard InChI is InChI=1S/C20H25N5O2/c1-13(2)14-6-8-15(9-7-14)25-18-16(10-22-25)19(27)24(12-21-18)11-17(26)23-20(3,4)5/h6-10,12-13H,11H2,1-5H3,(H,23,26). The van der Waals surface area contributed by atoms with E-state index in [1.807, 2.05) is 45.0 Å². The summed E-state index contributed by atoms with van der Waals surface area (Å²) in [6.07, 6.45) is 2.90. The maximum absolute atomic E-state index is 12.7. The fourth-order valence-electron chi connectivity index (χ4n) is 2.86. The van der Waals surface area contributed by atoms with Gasteiger partial charge in [-0.1, -0.05) is 26.0 Å². The number of hydrogen-bond acceptors (Lipinski definition) is 4. The van der Waals surface area contributed by atoms with Crippen molar-refractivity contribution in [2.75, 3.05) is 0 Å². The fraction of sp³-hybridized carbons (Fsp3) is 0.400. The first-order chi connectivity index (χ1) is 12.7. The molecule has 0 aliphatic rings. The van der Waals surface area contributed by atoms with Gasteiger partial charge in [-0.25, -0.2) is 9.67 Å². The Kier molecular flexibility index (Phi) is 4.87. The zero-order chi connectivity index (χ0) is 19.8. The molecule has 3 rings (SSSR count). The van der Waals surface area contributed by atoms with E-state index in [1.165, 1.54) is 22.7 Å². The van der Waals surface area contributed by atoms with Crippen molar-refractivity contribution < 1.29 is 4.79 Å². The van der Waals surface area contributed by atoms with E-state index in [9.17, 15) is 9.59 Å². The molecule has 1 amide bonds. The van der Waals surface area contributed by atoms with Crippen molar-refractivity contribution in [2.24, 2.45) is 0 Å². The smallest absolute Gasteiger partial charge is 0.264 e. The van der Waals surface area contributed by atoms with Crippen LogP contribution in [-0.2, 0) is 11.3 Å². The maximum atomic E-state index is 12.7. The van der Waals surface area contributed by atoms with E-state index in [0.717, 1.165) is 5.69 Å². The van der Waals surface area contributed by atoms with Crippen LogP contribution in [0.3, 0.4) is 0 Å². The summed E-state index contributed by atoms with van der Waals surface area (Å²) in [5.41, 5.74) is 1.91. The van der Waals surface area contributed by atoms with Gasteiger partial charge in [-0.05, 0) is 44.4 Å². The fourth-order valence-corrected chi connectivity index (χ4v) is 2.86. The van der Waals surface area contributed by atoms with E-state index < -0.39 is 0 Å². The molecule has 2 aromatic heterocycles. The largest absolute Gasteiger partial charge is 0.350 e. The Morgan fingerprint density at radius 3 is 2.44 bits per heavy atom. The molecular weight excluding hydrogens is 342 g/mol. The minimum Gasteiger partial charge on any atom is -0.350 e. The second-order valence-corrected chi connectivity index (χ2v) is 8.02. The molecule has 0 saturated carbocycles. The summed E-state index contributed by atoms with van der Waals surface area (Å²) in [5.74, 6) is 0.209. The molecule has 1 N–H and O–H groups in total. The van der Waals surface area contributed by atoms with Gasteiger partial charge in [-0.15, -0.1) is 0 Å². The summed E-state index contributed by atoms with van der Waals surface area (Å²) < 4.78 is 2.94. The average molecular weight is 367 g/mol. The maximum Gasteiger partial charge on any atom is 0.264 e. The molecule has 27 heavy (non-hydrogen) atoms. The molecule has 0 fully saturated rings. The third-order valence-electron chi connectivity index (χ3n) is 4.19. The predicted octanol–water partition coefficient (Wildman–Crippen LogP) is 2.62. The first kappa shape index (κ1) is 18.8. The lowest BCUT2D eigenvalue weighted by Crippen LogP contribution is -2.43. The molecule has 0 saturated heterocycles. The second-order valence-electron chi connectivity index (χ2n) is 8.02. The van der Waals surface area contributed by atoms with Crippen LogP contribution in [0.5, 0.6) is 0 Å². The number of rotatable bonds is 4. The third-order valence-corrected chi connectivity index (χ3v) is 4.19. The number of carbonyl (C=O) groups is 1. The van der Waals surface area contributed by atoms with Gasteiger partial charge in [-0.3, -0.25) is 14.2 Å². The molecule has 0 spiro atoms. The number of fused-ring (bicyclic) bond motifs is 1. The quantitative estimate of drug-likeness (QED) is 0.768. The van der Waals surface area contributed by atoms with E-state index in [0.29, 0.717) is 17.0 Å². The van der Waals surface area contributed by atoms with Crippen molar-refractivity contribution in [1.29, 1.82) is 0 Å². The molecule has 0 radical (unpaired) electrons. The van der Waals surface area contributed by atoms with Crippen LogP contribution >= 0.6 is 0 Å². The van der Waals surface area contributed by atoms with E-state index in [4.69, 9.17) is 0 Å². The van der Waals surface area contributed by atoms with E-state index in [1.54, 1.807) is 4.68 Å². The van der Waals surface area contributed by atoms with Crippen LogP contribution in [0.25, 0.3) is 16.7 Å². The Hall–Kier alpha value is -2.96.